The molecule has 0 atom stereocenters. The van der Waals surface area contributed by atoms with E-state index in [0.717, 1.165) is 23.1 Å². The first-order chi connectivity index (χ1) is 13.0. The second-order valence-electron chi connectivity index (χ2n) is 6.27. The molecule has 0 saturated heterocycles. The number of hydrogen-bond donors (Lipinski definition) is 1. The highest BCUT2D eigenvalue weighted by molar-refractivity contribution is 5.67. The maximum Gasteiger partial charge on any atom is 0.254 e. The molecule has 0 spiro atoms. The Hall–Kier alpha value is -3.28. The van der Waals surface area contributed by atoms with E-state index in [-0.39, 0.29) is 11.5 Å². The lowest BCUT2D eigenvalue weighted by molar-refractivity contribution is 0.355. The molecule has 6 heteroatoms. The number of anilines is 1. The zero-order valence-corrected chi connectivity index (χ0v) is 15.7. The number of aryl methyl sites for hydroxylation is 2. The number of hydrogen-bond acceptors (Lipinski definition) is 5. The van der Waals surface area contributed by atoms with Crippen LogP contribution in [-0.4, -0.2) is 23.8 Å². The van der Waals surface area contributed by atoms with E-state index in [9.17, 15) is 4.79 Å². The number of rotatable bonds is 6. The molecule has 0 aliphatic heterocycles. The molecule has 1 aromatic heterocycles. The van der Waals surface area contributed by atoms with Crippen LogP contribution < -0.4 is 20.8 Å². The molecule has 0 fully saturated rings. The van der Waals surface area contributed by atoms with Crippen molar-refractivity contribution in [3.63, 3.8) is 0 Å². The number of aromatic nitrogens is 2. The number of nitrogens with two attached hydrogens (primary N) is 1. The highest BCUT2D eigenvalue weighted by Crippen LogP contribution is 2.32. The van der Waals surface area contributed by atoms with E-state index >= 15 is 0 Å². The zero-order chi connectivity index (χ0) is 19.4. The lowest BCUT2D eigenvalue weighted by atomic mass is 10.00. The Labute approximate surface area is 158 Å². The lowest BCUT2D eigenvalue weighted by Gasteiger charge is -2.11. The minimum absolute atomic E-state index is 0.142. The van der Waals surface area contributed by atoms with Crippen LogP contribution in [0.4, 0.5) is 5.95 Å². The molecule has 2 N–H and O–H groups in total. The molecule has 3 aromatic rings. The summed E-state index contributed by atoms with van der Waals surface area (Å²) in [7, 11) is 4.86. The topological polar surface area (TPSA) is 79.4 Å². The standard InChI is InChI=1S/C21H23N3O3/c1-24-20(25)13-17(23-21(24)22)9-7-14-5-4-6-15(11-14)16-8-10-18(26-2)19(12-16)27-3/h4-6,8,10-13H,7,9H2,1-3H3,(H2,22,23). The number of ether oxygens (including phenoxy) is 2. The van der Waals surface area contributed by atoms with Crippen molar-refractivity contribution >= 4 is 5.95 Å². The van der Waals surface area contributed by atoms with E-state index < -0.39 is 0 Å². The van der Waals surface area contributed by atoms with Crippen LogP contribution in [0.1, 0.15) is 11.3 Å². The smallest absolute Gasteiger partial charge is 0.254 e. The molecule has 0 unspecified atom stereocenters. The van der Waals surface area contributed by atoms with Gasteiger partial charge in [-0.3, -0.25) is 9.36 Å². The SMILES string of the molecule is COc1ccc(-c2cccc(CCc3cc(=O)n(C)c(N)n3)c2)cc1OC. The first kappa shape index (κ1) is 18.5. The van der Waals surface area contributed by atoms with Gasteiger partial charge in [0.2, 0.25) is 5.95 Å². The van der Waals surface area contributed by atoms with Gasteiger partial charge < -0.3 is 15.2 Å². The third-order valence-corrected chi connectivity index (χ3v) is 4.54. The monoisotopic (exact) mass is 365 g/mol. The minimum atomic E-state index is -0.142. The van der Waals surface area contributed by atoms with Gasteiger partial charge in [-0.25, -0.2) is 4.98 Å². The van der Waals surface area contributed by atoms with Crippen molar-refractivity contribution in [2.75, 3.05) is 20.0 Å². The highest BCUT2D eigenvalue weighted by Gasteiger charge is 2.08. The van der Waals surface area contributed by atoms with E-state index in [0.29, 0.717) is 23.6 Å². The summed E-state index contributed by atoms with van der Waals surface area (Å²) in [6.45, 7) is 0. The normalized spacial score (nSPS) is 10.6. The van der Waals surface area contributed by atoms with Crippen LogP contribution in [0.25, 0.3) is 11.1 Å². The molecule has 0 amide bonds. The van der Waals surface area contributed by atoms with Gasteiger partial charge in [-0.15, -0.1) is 0 Å². The van der Waals surface area contributed by atoms with Gasteiger partial charge in [-0.1, -0.05) is 30.3 Å². The lowest BCUT2D eigenvalue weighted by Crippen LogP contribution is -2.21. The predicted octanol–water partition coefficient (Wildman–Crippen LogP) is 2.83. The summed E-state index contributed by atoms with van der Waals surface area (Å²) in [5.41, 5.74) is 9.62. The van der Waals surface area contributed by atoms with E-state index in [1.807, 2.05) is 24.3 Å². The molecule has 2 aromatic carbocycles. The van der Waals surface area contributed by atoms with Crippen molar-refractivity contribution in [2.45, 2.75) is 12.8 Å². The van der Waals surface area contributed by atoms with Crippen LogP contribution >= 0.6 is 0 Å². The molecule has 1 heterocycles. The molecule has 27 heavy (non-hydrogen) atoms. The molecule has 140 valence electrons. The second-order valence-corrected chi connectivity index (χ2v) is 6.27. The summed E-state index contributed by atoms with van der Waals surface area (Å²) in [5.74, 6) is 1.63. The Balaban J connectivity index is 1.81. The van der Waals surface area contributed by atoms with Gasteiger partial charge in [0, 0.05) is 13.1 Å². The third kappa shape index (κ3) is 4.11. The van der Waals surface area contributed by atoms with Gasteiger partial charge >= 0.3 is 0 Å². The van der Waals surface area contributed by atoms with Crippen molar-refractivity contribution in [2.24, 2.45) is 7.05 Å². The fourth-order valence-corrected chi connectivity index (χ4v) is 2.93. The molecule has 0 aliphatic carbocycles. The van der Waals surface area contributed by atoms with E-state index in [4.69, 9.17) is 15.2 Å². The Kier molecular flexibility index (Phi) is 5.45. The molecule has 0 bridgehead atoms. The van der Waals surface area contributed by atoms with Gasteiger partial charge in [0.1, 0.15) is 0 Å². The fraction of sp³-hybridized carbons (Fsp3) is 0.238. The van der Waals surface area contributed by atoms with E-state index in [2.05, 4.69) is 23.2 Å². The maximum absolute atomic E-state index is 11.8. The summed E-state index contributed by atoms with van der Waals surface area (Å²) in [6.07, 6.45) is 1.41. The average Bonchev–Trinajstić information content (AvgIpc) is 2.70. The van der Waals surface area contributed by atoms with Crippen LogP contribution in [0.2, 0.25) is 0 Å². The van der Waals surface area contributed by atoms with Gasteiger partial charge in [0.25, 0.3) is 5.56 Å². The predicted molar refractivity (Wildman–Crippen MR) is 106 cm³/mol. The summed E-state index contributed by atoms with van der Waals surface area (Å²) in [5, 5.41) is 0. The van der Waals surface area contributed by atoms with Crippen LogP contribution in [0.3, 0.4) is 0 Å². The summed E-state index contributed by atoms with van der Waals surface area (Å²) < 4.78 is 12.0. The second kappa shape index (κ2) is 7.95. The maximum atomic E-state index is 11.8. The number of nitrogen functional groups attached to an aromatic ring is 1. The van der Waals surface area contributed by atoms with E-state index in [1.54, 1.807) is 21.3 Å². The molecule has 0 radical (unpaired) electrons. The Morgan fingerprint density at radius 1 is 0.963 bits per heavy atom. The van der Waals surface area contributed by atoms with Gasteiger partial charge in [0.15, 0.2) is 11.5 Å². The first-order valence-corrected chi connectivity index (χ1v) is 8.65. The minimum Gasteiger partial charge on any atom is -0.493 e. The van der Waals surface area contributed by atoms with Crippen molar-refractivity contribution in [3.8, 4) is 22.6 Å². The molecule has 3 rings (SSSR count). The number of methoxy groups -OCH3 is 2. The molecule has 0 saturated carbocycles. The van der Waals surface area contributed by atoms with Crippen LogP contribution in [0.5, 0.6) is 11.5 Å². The van der Waals surface area contributed by atoms with Crippen molar-refractivity contribution in [3.05, 3.63) is 70.1 Å². The fourth-order valence-electron chi connectivity index (χ4n) is 2.93. The zero-order valence-electron chi connectivity index (χ0n) is 15.7. The van der Waals surface area contributed by atoms with Crippen molar-refractivity contribution in [1.82, 2.24) is 9.55 Å². The summed E-state index contributed by atoms with van der Waals surface area (Å²) >= 11 is 0. The Bertz CT molecular complexity index is 1010. The van der Waals surface area contributed by atoms with Crippen LogP contribution in [0.15, 0.2) is 53.3 Å². The van der Waals surface area contributed by atoms with E-state index in [1.165, 1.54) is 10.6 Å². The van der Waals surface area contributed by atoms with Crippen LogP contribution in [0, 0.1) is 0 Å². The number of benzene rings is 2. The van der Waals surface area contributed by atoms with Crippen molar-refractivity contribution < 1.29 is 9.47 Å². The van der Waals surface area contributed by atoms with Crippen molar-refractivity contribution in [1.29, 1.82) is 0 Å². The van der Waals surface area contributed by atoms with Gasteiger partial charge in [-0.05, 0) is 41.7 Å². The molecule has 6 nitrogen and oxygen atoms in total. The molecular formula is C21H23N3O3. The molecular weight excluding hydrogens is 342 g/mol. The quantitative estimate of drug-likeness (QED) is 0.727. The first-order valence-electron chi connectivity index (χ1n) is 8.65. The van der Waals surface area contributed by atoms with Gasteiger partial charge in [-0.2, -0.15) is 0 Å². The largest absolute Gasteiger partial charge is 0.493 e. The summed E-state index contributed by atoms with van der Waals surface area (Å²) in [6, 6.07) is 15.7. The highest BCUT2D eigenvalue weighted by atomic mass is 16.5. The Morgan fingerprint density at radius 3 is 2.41 bits per heavy atom. The van der Waals surface area contributed by atoms with Crippen LogP contribution in [-0.2, 0) is 19.9 Å². The summed E-state index contributed by atoms with van der Waals surface area (Å²) in [4.78, 5) is 16.1. The van der Waals surface area contributed by atoms with Gasteiger partial charge in [0.05, 0.1) is 19.9 Å². The Morgan fingerprint density at radius 2 is 1.70 bits per heavy atom. The number of nitrogens with zero attached hydrogens (tertiary/aromatic N) is 2. The molecule has 0 aliphatic rings. The average molecular weight is 365 g/mol. The third-order valence-electron chi connectivity index (χ3n) is 4.54.